The fourth-order valence-electron chi connectivity index (χ4n) is 2.78. The molecule has 2 aromatic rings. The molecule has 0 unspecified atom stereocenters. The molecule has 1 aromatic carbocycles. The van der Waals surface area contributed by atoms with Gasteiger partial charge in [-0.3, -0.25) is 14.4 Å². The Hall–Kier alpha value is -1.86. The second-order valence-electron chi connectivity index (χ2n) is 5.84. The van der Waals surface area contributed by atoms with Crippen LogP contribution in [0, 0.1) is 0 Å². The van der Waals surface area contributed by atoms with Crippen LogP contribution in [0.5, 0.6) is 5.75 Å². The molecule has 7 heteroatoms. The summed E-state index contributed by atoms with van der Waals surface area (Å²) in [5.41, 5.74) is 1.22. The van der Waals surface area contributed by atoms with Crippen LogP contribution in [0.4, 0.5) is 5.69 Å². The van der Waals surface area contributed by atoms with E-state index in [0.717, 1.165) is 16.8 Å². The van der Waals surface area contributed by atoms with E-state index in [-0.39, 0.29) is 5.91 Å². The van der Waals surface area contributed by atoms with Crippen LogP contribution in [-0.2, 0) is 7.05 Å². The molecule has 1 aromatic heterocycles. The van der Waals surface area contributed by atoms with Crippen molar-refractivity contribution in [1.29, 1.82) is 0 Å². The molecule has 1 N–H and O–H groups in total. The lowest BCUT2D eigenvalue weighted by Crippen LogP contribution is -2.25. The fourth-order valence-corrected chi connectivity index (χ4v) is 3.27. The predicted octanol–water partition coefficient (Wildman–Crippen LogP) is 2.91. The third kappa shape index (κ3) is 4.15. The number of carbonyl (C=O) groups excluding carboxylic acids is 1. The summed E-state index contributed by atoms with van der Waals surface area (Å²) in [6, 6.07) is 7.23. The highest BCUT2D eigenvalue weighted by Crippen LogP contribution is 2.28. The Bertz CT molecular complexity index is 710. The number of aryl methyl sites for hydroxylation is 1. The van der Waals surface area contributed by atoms with E-state index in [4.69, 9.17) is 4.74 Å². The van der Waals surface area contributed by atoms with E-state index >= 15 is 0 Å². The first kappa shape index (κ1) is 17.0. The van der Waals surface area contributed by atoms with Crippen LogP contribution >= 0.6 is 15.9 Å². The Kier molecular flexibility index (Phi) is 5.52. The molecule has 128 valence electrons. The number of halogens is 1. The van der Waals surface area contributed by atoms with Gasteiger partial charge in [0.05, 0.1) is 4.47 Å². The maximum absolute atomic E-state index is 12.2. The van der Waals surface area contributed by atoms with Gasteiger partial charge in [0.15, 0.2) is 0 Å². The number of benzene rings is 1. The molecule has 2 heterocycles. The van der Waals surface area contributed by atoms with Crippen molar-refractivity contribution in [3.63, 3.8) is 0 Å². The molecular formula is C17H21BrN4O2. The molecule has 0 saturated carbocycles. The number of ether oxygens (including phenoxy) is 1. The number of hydrogen-bond donors (Lipinski definition) is 1. The van der Waals surface area contributed by atoms with Gasteiger partial charge in [-0.05, 0) is 66.1 Å². The minimum atomic E-state index is -0.190. The first-order valence-corrected chi connectivity index (χ1v) is 8.87. The highest BCUT2D eigenvalue weighted by Gasteiger charge is 2.13. The normalized spacial score (nSPS) is 14.8. The number of nitrogens with zero attached hydrogens (tertiary/aromatic N) is 3. The first-order valence-electron chi connectivity index (χ1n) is 8.07. The molecule has 0 spiro atoms. The van der Waals surface area contributed by atoms with Crippen LogP contribution in [0.2, 0.25) is 0 Å². The van der Waals surface area contributed by atoms with Crippen molar-refractivity contribution < 1.29 is 9.53 Å². The molecular weight excluding hydrogens is 372 g/mol. The van der Waals surface area contributed by atoms with Crippen LogP contribution in [0.1, 0.15) is 23.3 Å². The Balaban J connectivity index is 1.55. The SMILES string of the molecule is Cn1nccc1C(=O)Nc1ccc(OCCN2CCCC2)c(Br)c1. The number of nitrogens with one attached hydrogen (secondary N) is 1. The lowest BCUT2D eigenvalue weighted by molar-refractivity contribution is 0.101. The van der Waals surface area contributed by atoms with Gasteiger partial charge in [0.25, 0.3) is 5.91 Å². The summed E-state index contributed by atoms with van der Waals surface area (Å²) >= 11 is 3.51. The number of carbonyl (C=O) groups is 1. The van der Waals surface area contributed by atoms with Crippen molar-refractivity contribution in [3.8, 4) is 5.75 Å². The van der Waals surface area contributed by atoms with Crippen LogP contribution in [0.3, 0.4) is 0 Å². The van der Waals surface area contributed by atoms with Crippen molar-refractivity contribution in [3.05, 3.63) is 40.6 Å². The maximum Gasteiger partial charge on any atom is 0.273 e. The average molecular weight is 393 g/mol. The van der Waals surface area contributed by atoms with Gasteiger partial charge in [0.1, 0.15) is 18.1 Å². The highest BCUT2D eigenvalue weighted by atomic mass is 79.9. The topological polar surface area (TPSA) is 59.4 Å². The summed E-state index contributed by atoms with van der Waals surface area (Å²) < 4.78 is 8.20. The number of hydrogen-bond acceptors (Lipinski definition) is 4. The zero-order valence-electron chi connectivity index (χ0n) is 13.7. The van der Waals surface area contributed by atoms with E-state index in [2.05, 4.69) is 31.2 Å². The maximum atomic E-state index is 12.2. The van der Waals surface area contributed by atoms with Crippen molar-refractivity contribution in [1.82, 2.24) is 14.7 Å². The molecule has 24 heavy (non-hydrogen) atoms. The highest BCUT2D eigenvalue weighted by molar-refractivity contribution is 9.10. The summed E-state index contributed by atoms with van der Waals surface area (Å²) in [6.07, 6.45) is 4.17. The van der Waals surface area contributed by atoms with Crippen molar-refractivity contribution in [2.75, 3.05) is 31.6 Å². The Labute approximate surface area is 149 Å². The van der Waals surface area contributed by atoms with E-state index in [9.17, 15) is 4.79 Å². The van der Waals surface area contributed by atoms with Crippen molar-refractivity contribution >= 4 is 27.5 Å². The molecule has 0 radical (unpaired) electrons. The molecule has 1 aliphatic rings. The largest absolute Gasteiger partial charge is 0.491 e. The average Bonchev–Trinajstić information content (AvgIpc) is 3.21. The minimum absolute atomic E-state index is 0.190. The Morgan fingerprint density at radius 1 is 1.33 bits per heavy atom. The minimum Gasteiger partial charge on any atom is -0.491 e. The third-order valence-electron chi connectivity index (χ3n) is 4.11. The lowest BCUT2D eigenvalue weighted by Gasteiger charge is -2.16. The summed E-state index contributed by atoms with van der Waals surface area (Å²) in [7, 11) is 1.74. The molecule has 1 amide bonds. The predicted molar refractivity (Wildman–Crippen MR) is 96.5 cm³/mol. The molecule has 6 nitrogen and oxygen atoms in total. The lowest BCUT2D eigenvalue weighted by atomic mass is 10.3. The zero-order chi connectivity index (χ0) is 16.9. The smallest absolute Gasteiger partial charge is 0.273 e. The van der Waals surface area contributed by atoms with Crippen molar-refractivity contribution in [2.45, 2.75) is 12.8 Å². The van der Waals surface area contributed by atoms with Crippen LogP contribution < -0.4 is 10.1 Å². The Morgan fingerprint density at radius 2 is 2.12 bits per heavy atom. The van der Waals surface area contributed by atoms with Gasteiger partial charge in [0.2, 0.25) is 0 Å². The standard InChI is InChI=1S/C17H21BrN4O2/c1-21-15(6-7-19-21)17(23)20-13-4-5-16(14(18)12-13)24-11-10-22-8-2-3-9-22/h4-7,12H,2-3,8-11H2,1H3,(H,20,23). The van der Waals surface area contributed by atoms with Crippen LogP contribution in [0.25, 0.3) is 0 Å². The molecule has 1 aliphatic heterocycles. The molecule has 1 fully saturated rings. The van der Waals surface area contributed by atoms with Gasteiger partial charge < -0.3 is 10.1 Å². The van der Waals surface area contributed by atoms with Gasteiger partial charge >= 0.3 is 0 Å². The van der Waals surface area contributed by atoms with E-state index in [1.54, 1.807) is 24.0 Å². The van der Waals surface area contributed by atoms with Gasteiger partial charge in [-0.1, -0.05) is 0 Å². The van der Waals surface area contributed by atoms with Crippen molar-refractivity contribution in [2.24, 2.45) is 7.05 Å². The zero-order valence-corrected chi connectivity index (χ0v) is 15.3. The molecule has 3 rings (SSSR count). The van der Waals surface area contributed by atoms with Crippen LogP contribution in [-0.4, -0.2) is 46.8 Å². The number of anilines is 1. The molecule has 0 atom stereocenters. The number of likely N-dealkylation sites (tertiary alicyclic amines) is 1. The summed E-state index contributed by atoms with van der Waals surface area (Å²) in [5.74, 6) is 0.595. The Morgan fingerprint density at radius 3 is 2.79 bits per heavy atom. The van der Waals surface area contributed by atoms with Crippen LogP contribution in [0.15, 0.2) is 34.9 Å². The fraction of sp³-hybridized carbons (Fsp3) is 0.412. The number of aromatic nitrogens is 2. The number of amides is 1. The second kappa shape index (κ2) is 7.81. The van der Waals surface area contributed by atoms with Gasteiger partial charge in [0, 0.05) is 25.5 Å². The van der Waals surface area contributed by atoms with E-state index in [1.165, 1.54) is 25.9 Å². The second-order valence-corrected chi connectivity index (χ2v) is 6.69. The van der Waals surface area contributed by atoms with E-state index in [0.29, 0.717) is 18.0 Å². The third-order valence-corrected chi connectivity index (χ3v) is 4.73. The van der Waals surface area contributed by atoms with Gasteiger partial charge in [-0.15, -0.1) is 0 Å². The molecule has 0 bridgehead atoms. The first-order chi connectivity index (χ1) is 11.6. The summed E-state index contributed by atoms with van der Waals surface area (Å²) in [5, 5.41) is 6.86. The van der Waals surface area contributed by atoms with E-state index in [1.807, 2.05) is 18.2 Å². The quantitative estimate of drug-likeness (QED) is 0.820. The number of rotatable bonds is 6. The monoisotopic (exact) mass is 392 g/mol. The van der Waals surface area contributed by atoms with Gasteiger partial charge in [-0.2, -0.15) is 5.10 Å². The van der Waals surface area contributed by atoms with E-state index < -0.39 is 0 Å². The summed E-state index contributed by atoms with van der Waals surface area (Å²) in [6.45, 7) is 3.96. The summed E-state index contributed by atoms with van der Waals surface area (Å²) in [4.78, 5) is 14.6. The van der Waals surface area contributed by atoms with Gasteiger partial charge in [-0.25, -0.2) is 0 Å². The molecule has 1 saturated heterocycles. The molecule has 0 aliphatic carbocycles.